The third-order valence-corrected chi connectivity index (χ3v) is 4.44. The van der Waals surface area contributed by atoms with Crippen molar-refractivity contribution in [3.8, 4) is 0 Å². The van der Waals surface area contributed by atoms with E-state index in [0.717, 1.165) is 11.7 Å². The molecule has 1 aromatic rings. The maximum Gasteiger partial charge on any atom is 0.191 e. The van der Waals surface area contributed by atoms with Crippen LogP contribution in [0.15, 0.2) is 23.3 Å². The Kier molecular flexibility index (Phi) is 7.59. The van der Waals surface area contributed by atoms with E-state index in [0.29, 0.717) is 18.0 Å². The van der Waals surface area contributed by atoms with Crippen LogP contribution < -0.4 is 10.6 Å². The van der Waals surface area contributed by atoms with E-state index in [1.165, 1.54) is 31.2 Å². The normalized spacial score (nSPS) is 18.5. The summed E-state index contributed by atoms with van der Waals surface area (Å²) >= 11 is 0. The van der Waals surface area contributed by atoms with Crippen molar-refractivity contribution in [3.63, 3.8) is 0 Å². The number of nitrogens with zero attached hydrogens (tertiary/aromatic N) is 2. The molecule has 0 saturated heterocycles. The molecule has 22 heavy (non-hydrogen) atoms. The predicted octanol–water partition coefficient (Wildman–Crippen LogP) is 3.64. The summed E-state index contributed by atoms with van der Waals surface area (Å²) in [4.78, 5) is 8.73. The van der Waals surface area contributed by atoms with E-state index >= 15 is 0 Å². The summed E-state index contributed by atoms with van der Waals surface area (Å²) < 4.78 is 0. The molecule has 1 aliphatic rings. The van der Waals surface area contributed by atoms with Crippen LogP contribution in [0.5, 0.6) is 0 Å². The summed E-state index contributed by atoms with van der Waals surface area (Å²) in [5, 5.41) is 6.92. The highest BCUT2D eigenvalue weighted by Gasteiger charge is 2.27. The molecule has 4 nitrogen and oxygen atoms in total. The van der Waals surface area contributed by atoms with Crippen molar-refractivity contribution in [1.29, 1.82) is 0 Å². The van der Waals surface area contributed by atoms with Gasteiger partial charge in [-0.25, -0.2) is 0 Å². The zero-order chi connectivity index (χ0) is 15.3. The van der Waals surface area contributed by atoms with Gasteiger partial charge in [0.1, 0.15) is 0 Å². The Hall–Kier alpha value is -0.850. The van der Waals surface area contributed by atoms with Crippen LogP contribution in [-0.4, -0.2) is 24.0 Å². The van der Waals surface area contributed by atoms with Gasteiger partial charge in [0.15, 0.2) is 5.96 Å². The summed E-state index contributed by atoms with van der Waals surface area (Å²) in [7, 11) is 1.83. The van der Waals surface area contributed by atoms with E-state index in [-0.39, 0.29) is 24.0 Å². The van der Waals surface area contributed by atoms with E-state index in [2.05, 4.69) is 47.4 Å². The predicted molar refractivity (Wildman–Crippen MR) is 104 cm³/mol. The minimum absolute atomic E-state index is 0. The molecule has 1 heterocycles. The lowest BCUT2D eigenvalue weighted by molar-refractivity contribution is 0.216. The molecule has 0 aromatic carbocycles. The van der Waals surface area contributed by atoms with Crippen molar-refractivity contribution < 1.29 is 0 Å². The van der Waals surface area contributed by atoms with E-state index in [1.807, 2.05) is 19.3 Å². The van der Waals surface area contributed by atoms with Gasteiger partial charge in [0.25, 0.3) is 0 Å². The molecule has 1 aliphatic carbocycles. The molecule has 0 atom stereocenters. The van der Waals surface area contributed by atoms with Crippen LogP contribution in [-0.2, 0) is 6.54 Å². The van der Waals surface area contributed by atoms with Gasteiger partial charge in [-0.2, -0.15) is 0 Å². The Morgan fingerprint density at radius 1 is 1.36 bits per heavy atom. The first kappa shape index (κ1) is 19.2. The van der Waals surface area contributed by atoms with Crippen LogP contribution >= 0.6 is 24.0 Å². The Morgan fingerprint density at radius 2 is 2.05 bits per heavy atom. The van der Waals surface area contributed by atoms with E-state index < -0.39 is 0 Å². The highest BCUT2D eigenvalue weighted by atomic mass is 127. The molecule has 2 rings (SSSR count). The van der Waals surface area contributed by atoms with Gasteiger partial charge in [0.05, 0.1) is 12.2 Å². The molecule has 0 radical (unpaired) electrons. The number of aliphatic imine (C=N–C) groups is 1. The zero-order valence-electron chi connectivity index (χ0n) is 14.1. The summed E-state index contributed by atoms with van der Waals surface area (Å²) in [6.07, 6.45) is 6.83. The maximum absolute atomic E-state index is 4.41. The minimum atomic E-state index is 0. The van der Waals surface area contributed by atoms with Gasteiger partial charge in [-0.1, -0.05) is 19.9 Å². The lowest BCUT2D eigenvalue weighted by atomic mass is 9.75. The summed E-state index contributed by atoms with van der Waals surface area (Å²) in [5.74, 6) is 0.879. The minimum Gasteiger partial charge on any atom is -0.354 e. The third-order valence-electron chi connectivity index (χ3n) is 4.44. The largest absolute Gasteiger partial charge is 0.354 e. The van der Waals surface area contributed by atoms with Crippen LogP contribution in [0, 0.1) is 12.3 Å². The number of hydrogen-bond donors (Lipinski definition) is 2. The molecule has 124 valence electrons. The number of rotatable bonds is 3. The zero-order valence-corrected chi connectivity index (χ0v) is 16.5. The van der Waals surface area contributed by atoms with Gasteiger partial charge in [0, 0.05) is 19.3 Å². The molecule has 0 amide bonds. The average Bonchev–Trinajstić information content (AvgIpc) is 2.46. The Morgan fingerprint density at radius 3 is 2.64 bits per heavy atom. The van der Waals surface area contributed by atoms with Crippen LogP contribution in [0.1, 0.15) is 50.8 Å². The van der Waals surface area contributed by atoms with Gasteiger partial charge in [-0.05, 0) is 49.7 Å². The quantitative estimate of drug-likeness (QED) is 0.450. The topological polar surface area (TPSA) is 49.3 Å². The number of aryl methyl sites for hydroxylation is 1. The fourth-order valence-electron chi connectivity index (χ4n) is 2.80. The standard InChI is InChI=1S/C17H28N4.HI/c1-13-6-5-11-19-15(13)12-20-16(18-4)21-14-7-9-17(2,3)10-8-14;/h5-6,11,14H,7-10,12H2,1-4H3,(H2,18,20,21);1H. The second-order valence-corrected chi connectivity index (χ2v) is 6.78. The molecule has 1 aromatic heterocycles. The molecule has 5 heteroatoms. The van der Waals surface area contributed by atoms with Gasteiger partial charge >= 0.3 is 0 Å². The molecule has 1 fully saturated rings. The van der Waals surface area contributed by atoms with E-state index in [9.17, 15) is 0 Å². The number of halogens is 1. The van der Waals surface area contributed by atoms with E-state index in [4.69, 9.17) is 0 Å². The Bertz CT molecular complexity index is 489. The second kappa shape index (κ2) is 8.70. The maximum atomic E-state index is 4.41. The smallest absolute Gasteiger partial charge is 0.191 e. The molecule has 0 spiro atoms. The van der Waals surface area contributed by atoms with Crippen molar-refractivity contribution in [2.75, 3.05) is 7.05 Å². The average molecular weight is 416 g/mol. The van der Waals surface area contributed by atoms with Crippen LogP contribution in [0.3, 0.4) is 0 Å². The molecular formula is C17H29IN4. The molecule has 1 saturated carbocycles. The molecule has 2 N–H and O–H groups in total. The van der Waals surface area contributed by atoms with E-state index in [1.54, 1.807) is 0 Å². The van der Waals surface area contributed by atoms with Gasteiger partial charge < -0.3 is 10.6 Å². The number of nitrogens with one attached hydrogen (secondary N) is 2. The lowest BCUT2D eigenvalue weighted by Crippen LogP contribution is -2.45. The van der Waals surface area contributed by atoms with Crippen molar-refractivity contribution in [2.24, 2.45) is 10.4 Å². The van der Waals surface area contributed by atoms with Crippen molar-refractivity contribution in [2.45, 2.75) is 59.0 Å². The Balaban J connectivity index is 0.00000242. The number of guanidine groups is 1. The molecule has 0 unspecified atom stereocenters. The first-order valence-electron chi connectivity index (χ1n) is 7.88. The second-order valence-electron chi connectivity index (χ2n) is 6.78. The van der Waals surface area contributed by atoms with Crippen LogP contribution in [0.4, 0.5) is 0 Å². The summed E-state index contributed by atoms with van der Waals surface area (Å²) in [6, 6.07) is 4.59. The first-order valence-corrected chi connectivity index (χ1v) is 7.88. The van der Waals surface area contributed by atoms with Crippen LogP contribution in [0.2, 0.25) is 0 Å². The van der Waals surface area contributed by atoms with Crippen molar-refractivity contribution >= 4 is 29.9 Å². The number of pyridine rings is 1. The van der Waals surface area contributed by atoms with Crippen molar-refractivity contribution in [3.05, 3.63) is 29.6 Å². The van der Waals surface area contributed by atoms with Crippen LogP contribution in [0.25, 0.3) is 0 Å². The molecule has 0 bridgehead atoms. The highest BCUT2D eigenvalue weighted by molar-refractivity contribution is 14.0. The number of hydrogen-bond acceptors (Lipinski definition) is 2. The Labute approximate surface area is 151 Å². The van der Waals surface area contributed by atoms with Gasteiger partial charge in [-0.15, -0.1) is 24.0 Å². The highest BCUT2D eigenvalue weighted by Crippen LogP contribution is 2.34. The lowest BCUT2D eigenvalue weighted by Gasteiger charge is -2.35. The third kappa shape index (κ3) is 5.74. The van der Waals surface area contributed by atoms with Gasteiger partial charge in [-0.3, -0.25) is 9.98 Å². The fraction of sp³-hybridized carbons (Fsp3) is 0.647. The van der Waals surface area contributed by atoms with Gasteiger partial charge in [0.2, 0.25) is 0 Å². The first-order chi connectivity index (χ1) is 10.00. The SMILES string of the molecule is CN=C(NCc1ncccc1C)NC1CCC(C)(C)CC1.I. The monoisotopic (exact) mass is 416 g/mol. The molecule has 0 aliphatic heterocycles. The fourth-order valence-corrected chi connectivity index (χ4v) is 2.80. The summed E-state index contributed by atoms with van der Waals surface area (Å²) in [5.41, 5.74) is 2.78. The molecular weight excluding hydrogens is 387 g/mol. The number of aromatic nitrogens is 1. The van der Waals surface area contributed by atoms with Crippen molar-refractivity contribution in [1.82, 2.24) is 15.6 Å². The summed E-state index contributed by atoms with van der Waals surface area (Å²) in [6.45, 7) is 7.52.